The molecule has 1 unspecified atom stereocenters. The van der Waals surface area contributed by atoms with Gasteiger partial charge in [-0.25, -0.2) is 9.48 Å². The van der Waals surface area contributed by atoms with E-state index in [9.17, 15) is 9.59 Å². The highest BCUT2D eigenvalue weighted by Crippen LogP contribution is 2.33. The SMILES string of the molecule is Cn1nnnc1CN1C(=O)NC(C)(c2ccccc2Br)C1=O. The lowest BCUT2D eigenvalue weighted by atomic mass is 9.92. The number of carbonyl (C=O) groups excluding carboxylic acids is 2. The molecule has 1 saturated heterocycles. The maximum absolute atomic E-state index is 12.8. The van der Waals surface area contributed by atoms with Gasteiger partial charge in [0.15, 0.2) is 5.82 Å². The number of benzene rings is 1. The minimum atomic E-state index is -1.12. The van der Waals surface area contributed by atoms with Crippen molar-refractivity contribution in [1.29, 1.82) is 0 Å². The second-order valence-corrected chi connectivity index (χ2v) is 6.00. The first-order valence-electron chi connectivity index (χ1n) is 6.54. The van der Waals surface area contributed by atoms with E-state index in [-0.39, 0.29) is 12.5 Å². The molecule has 1 N–H and O–H groups in total. The molecular weight excluding hydrogens is 352 g/mol. The summed E-state index contributed by atoms with van der Waals surface area (Å²) in [5, 5.41) is 13.8. The molecule has 1 atom stereocenters. The van der Waals surface area contributed by atoms with Gasteiger partial charge in [0, 0.05) is 17.1 Å². The van der Waals surface area contributed by atoms with Crippen LogP contribution in [0.1, 0.15) is 18.3 Å². The predicted octanol–water partition coefficient (Wildman–Crippen LogP) is 0.940. The molecule has 0 bridgehead atoms. The number of aromatic nitrogens is 4. The minimum Gasteiger partial charge on any atom is -0.319 e. The van der Waals surface area contributed by atoms with Crippen LogP contribution in [-0.2, 0) is 23.9 Å². The average molecular weight is 365 g/mol. The van der Waals surface area contributed by atoms with E-state index in [0.29, 0.717) is 11.4 Å². The molecule has 1 aromatic carbocycles. The third kappa shape index (κ3) is 2.17. The molecule has 2 heterocycles. The van der Waals surface area contributed by atoms with Crippen LogP contribution < -0.4 is 5.32 Å². The number of nitrogens with one attached hydrogen (secondary N) is 1. The summed E-state index contributed by atoms with van der Waals surface area (Å²) in [6.45, 7) is 1.70. The maximum atomic E-state index is 12.8. The number of halogens is 1. The molecule has 3 rings (SSSR count). The Morgan fingerprint density at radius 2 is 2.05 bits per heavy atom. The van der Waals surface area contributed by atoms with E-state index in [4.69, 9.17) is 0 Å². The summed E-state index contributed by atoms with van der Waals surface area (Å²) in [6, 6.07) is 6.83. The summed E-state index contributed by atoms with van der Waals surface area (Å²) < 4.78 is 2.18. The Bertz CT molecular complexity index is 760. The standard InChI is InChI=1S/C13H13BrN6O2/c1-13(8-5-3-4-6-9(8)14)11(21)20(12(22)15-13)7-10-16-17-18-19(10)2/h3-6H,7H2,1-2H3,(H,15,22). The van der Waals surface area contributed by atoms with E-state index in [1.807, 2.05) is 18.2 Å². The summed E-state index contributed by atoms with van der Waals surface area (Å²) in [4.78, 5) is 26.1. The van der Waals surface area contributed by atoms with E-state index < -0.39 is 11.6 Å². The van der Waals surface area contributed by atoms with Crippen molar-refractivity contribution in [1.82, 2.24) is 30.4 Å². The van der Waals surface area contributed by atoms with Crippen molar-refractivity contribution in [2.24, 2.45) is 7.05 Å². The van der Waals surface area contributed by atoms with Crippen molar-refractivity contribution in [3.05, 3.63) is 40.1 Å². The highest BCUT2D eigenvalue weighted by atomic mass is 79.9. The van der Waals surface area contributed by atoms with Crippen LogP contribution in [0.4, 0.5) is 4.79 Å². The van der Waals surface area contributed by atoms with Gasteiger partial charge in [-0.1, -0.05) is 34.1 Å². The highest BCUT2D eigenvalue weighted by molar-refractivity contribution is 9.10. The van der Waals surface area contributed by atoms with Gasteiger partial charge in [-0.15, -0.1) is 5.10 Å². The molecule has 1 aromatic heterocycles. The van der Waals surface area contributed by atoms with Gasteiger partial charge in [0.05, 0.1) is 6.54 Å². The maximum Gasteiger partial charge on any atom is 0.325 e. The Labute approximate surface area is 134 Å². The number of nitrogens with zero attached hydrogens (tertiary/aromatic N) is 5. The summed E-state index contributed by atoms with van der Waals surface area (Å²) in [7, 11) is 1.65. The molecule has 3 amide bonds. The lowest BCUT2D eigenvalue weighted by Gasteiger charge is -2.23. The van der Waals surface area contributed by atoms with Crippen LogP contribution in [-0.4, -0.2) is 37.0 Å². The largest absolute Gasteiger partial charge is 0.325 e. The molecule has 0 saturated carbocycles. The van der Waals surface area contributed by atoms with E-state index >= 15 is 0 Å². The Morgan fingerprint density at radius 1 is 1.32 bits per heavy atom. The number of tetrazole rings is 1. The van der Waals surface area contributed by atoms with E-state index in [2.05, 4.69) is 36.8 Å². The Balaban J connectivity index is 1.94. The smallest absolute Gasteiger partial charge is 0.319 e. The molecule has 1 aliphatic rings. The van der Waals surface area contributed by atoms with Gasteiger partial charge in [-0.2, -0.15) is 0 Å². The number of carbonyl (C=O) groups is 2. The normalized spacial score (nSPS) is 21.3. The number of amides is 3. The van der Waals surface area contributed by atoms with Crippen molar-refractivity contribution >= 4 is 27.9 Å². The summed E-state index contributed by atoms with van der Waals surface area (Å²) in [5.41, 5.74) is -0.421. The van der Waals surface area contributed by atoms with Crippen LogP contribution in [0.3, 0.4) is 0 Å². The fourth-order valence-electron chi connectivity index (χ4n) is 2.41. The molecule has 9 heteroatoms. The highest BCUT2D eigenvalue weighted by Gasteiger charge is 2.50. The zero-order valence-corrected chi connectivity index (χ0v) is 13.5. The molecule has 0 spiro atoms. The van der Waals surface area contributed by atoms with E-state index in [1.165, 1.54) is 4.68 Å². The van der Waals surface area contributed by atoms with Gasteiger partial charge in [0.1, 0.15) is 5.54 Å². The topological polar surface area (TPSA) is 93.0 Å². The predicted molar refractivity (Wildman–Crippen MR) is 79.4 cm³/mol. The lowest BCUT2D eigenvalue weighted by molar-refractivity contribution is -0.131. The van der Waals surface area contributed by atoms with Gasteiger partial charge in [-0.3, -0.25) is 9.69 Å². The monoisotopic (exact) mass is 364 g/mol. The van der Waals surface area contributed by atoms with Crippen molar-refractivity contribution in [3.8, 4) is 0 Å². The van der Waals surface area contributed by atoms with Gasteiger partial charge in [-0.05, 0) is 23.4 Å². The third-order valence-corrected chi connectivity index (χ3v) is 4.39. The lowest BCUT2D eigenvalue weighted by Crippen LogP contribution is -2.41. The molecular formula is C13H13BrN6O2. The quantitative estimate of drug-likeness (QED) is 0.818. The first-order chi connectivity index (χ1) is 10.4. The summed E-state index contributed by atoms with van der Waals surface area (Å²) in [6.07, 6.45) is 0. The van der Waals surface area contributed by atoms with Crippen molar-refractivity contribution in [2.75, 3.05) is 0 Å². The molecule has 1 fully saturated rings. The second kappa shape index (κ2) is 5.16. The van der Waals surface area contributed by atoms with Crippen LogP contribution in [0, 0.1) is 0 Å². The second-order valence-electron chi connectivity index (χ2n) is 5.15. The number of urea groups is 1. The van der Waals surface area contributed by atoms with Crippen LogP contribution in [0.2, 0.25) is 0 Å². The molecule has 1 aliphatic heterocycles. The van der Waals surface area contributed by atoms with Crippen LogP contribution in [0.15, 0.2) is 28.7 Å². The summed E-state index contributed by atoms with van der Waals surface area (Å²) >= 11 is 3.42. The average Bonchev–Trinajstić information content (AvgIpc) is 2.97. The molecule has 0 aliphatic carbocycles. The number of rotatable bonds is 3. The van der Waals surface area contributed by atoms with E-state index in [1.54, 1.807) is 20.0 Å². The van der Waals surface area contributed by atoms with Crippen LogP contribution in [0.25, 0.3) is 0 Å². The Hall–Kier alpha value is -2.29. The summed E-state index contributed by atoms with van der Waals surface area (Å²) in [5.74, 6) is 0.0901. The van der Waals surface area contributed by atoms with Gasteiger partial charge >= 0.3 is 6.03 Å². The number of hydrogen-bond acceptors (Lipinski definition) is 5. The number of hydrogen-bond donors (Lipinski definition) is 1. The molecule has 114 valence electrons. The van der Waals surface area contributed by atoms with Crippen molar-refractivity contribution < 1.29 is 9.59 Å². The molecule has 8 nitrogen and oxygen atoms in total. The van der Waals surface area contributed by atoms with Crippen LogP contribution in [0.5, 0.6) is 0 Å². The first-order valence-corrected chi connectivity index (χ1v) is 7.33. The van der Waals surface area contributed by atoms with Gasteiger partial charge in [0.25, 0.3) is 5.91 Å². The van der Waals surface area contributed by atoms with Crippen LogP contribution >= 0.6 is 15.9 Å². The number of aryl methyl sites for hydroxylation is 1. The van der Waals surface area contributed by atoms with Crippen molar-refractivity contribution in [3.63, 3.8) is 0 Å². The minimum absolute atomic E-state index is 0.0220. The van der Waals surface area contributed by atoms with Crippen molar-refractivity contribution in [2.45, 2.75) is 19.0 Å². The molecule has 2 aromatic rings. The first kappa shape index (κ1) is 14.6. The third-order valence-electron chi connectivity index (χ3n) is 3.69. The molecule has 0 radical (unpaired) electrons. The zero-order chi connectivity index (χ0) is 15.9. The molecule has 22 heavy (non-hydrogen) atoms. The zero-order valence-electron chi connectivity index (χ0n) is 11.9. The van der Waals surface area contributed by atoms with Gasteiger partial charge < -0.3 is 5.32 Å². The Kier molecular flexibility index (Phi) is 3.44. The van der Waals surface area contributed by atoms with E-state index in [0.717, 1.165) is 9.37 Å². The van der Waals surface area contributed by atoms with Gasteiger partial charge in [0.2, 0.25) is 0 Å². The fourth-order valence-corrected chi connectivity index (χ4v) is 3.09. The Morgan fingerprint density at radius 3 is 2.68 bits per heavy atom. The fraction of sp³-hybridized carbons (Fsp3) is 0.308. The number of imide groups is 1.